The van der Waals surface area contributed by atoms with Gasteiger partial charge in [-0.25, -0.2) is 0 Å². The molecule has 0 saturated carbocycles. The molecule has 5 nitrogen and oxygen atoms in total. The van der Waals surface area contributed by atoms with Crippen molar-refractivity contribution < 1.29 is 9.45 Å². The van der Waals surface area contributed by atoms with Gasteiger partial charge in [-0.1, -0.05) is 67.3 Å². The van der Waals surface area contributed by atoms with Crippen molar-refractivity contribution in [2.24, 2.45) is 0 Å². The fourth-order valence-electron chi connectivity index (χ4n) is 1.72. The van der Waals surface area contributed by atoms with Crippen LogP contribution in [0.3, 0.4) is 0 Å². The second-order valence-electron chi connectivity index (χ2n) is 3.95. The lowest BCUT2D eigenvalue weighted by Gasteiger charge is -2.14. The standard InChI is InChI=1S/C12H10Br2N2O3/c1-7-11(16(17)18)12(19-15-7)10(14)9(13)8-5-3-2-4-6-8/h2-6,9-10H,1H3/t9-,10-/m0/s1. The largest absolute Gasteiger partial charge is 0.352 e. The number of aromatic nitrogens is 1. The first-order valence-corrected chi connectivity index (χ1v) is 7.29. The number of aryl methyl sites for hydroxylation is 1. The number of benzene rings is 1. The van der Waals surface area contributed by atoms with Gasteiger partial charge in [0.05, 0.1) is 14.6 Å². The molecule has 0 amide bonds. The van der Waals surface area contributed by atoms with Gasteiger partial charge in [0.1, 0.15) is 0 Å². The number of hydrogen-bond acceptors (Lipinski definition) is 4. The van der Waals surface area contributed by atoms with Crippen molar-refractivity contribution in [3.8, 4) is 0 Å². The highest BCUT2D eigenvalue weighted by molar-refractivity contribution is 9.12. The molecule has 0 radical (unpaired) electrons. The van der Waals surface area contributed by atoms with Gasteiger partial charge in [-0.2, -0.15) is 0 Å². The first-order chi connectivity index (χ1) is 9.02. The molecule has 0 aliphatic rings. The molecule has 2 atom stereocenters. The second-order valence-corrected chi connectivity index (χ2v) is 5.93. The van der Waals surface area contributed by atoms with Crippen LogP contribution in [0.4, 0.5) is 5.69 Å². The highest BCUT2D eigenvalue weighted by Crippen LogP contribution is 2.45. The summed E-state index contributed by atoms with van der Waals surface area (Å²) >= 11 is 6.96. The summed E-state index contributed by atoms with van der Waals surface area (Å²) in [5.74, 6) is 0.216. The van der Waals surface area contributed by atoms with Crippen molar-refractivity contribution in [1.82, 2.24) is 5.16 Å². The molecule has 0 fully saturated rings. The predicted molar refractivity (Wildman–Crippen MR) is 77.7 cm³/mol. The summed E-state index contributed by atoms with van der Waals surface area (Å²) in [6, 6.07) is 9.59. The Bertz CT molecular complexity index is 586. The number of alkyl halides is 2. The van der Waals surface area contributed by atoms with Crippen molar-refractivity contribution >= 4 is 37.5 Å². The van der Waals surface area contributed by atoms with Crippen LogP contribution >= 0.6 is 31.9 Å². The Balaban J connectivity index is 2.35. The van der Waals surface area contributed by atoms with Gasteiger partial charge in [-0.3, -0.25) is 10.1 Å². The van der Waals surface area contributed by atoms with Crippen LogP contribution in [0, 0.1) is 17.0 Å². The average Bonchev–Trinajstić information content (AvgIpc) is 2.80. The van der Waals surface area contributed by atoms with E-state index in [1.54, 1.807) is 6.92 Å². The molecule has 0 saturated heterocycles. The molecule has 1 aromatic heterocycles. The third-order valence-corrected chi connectivity index (χ3v) is 5.38. The minimum absolute atomic E-state index is 0.0812. The van der Waals surface area contributed by atoms with Crippen LogP contribution in [0.15, 0.2) is 34.9 Å². The SMILES string of the molecule is Cc1noc([C@@H](Br)[C@@H](Br)c2ccccc2)c1[N+](=O)[O-]. The monoisotopic (exact) mass is 388 g/mol. The fraction of sp³-hybridized carbons (Fsp3) is 0.250. The molecule has 1 aromatic carbocycles. The van der Waals surface area contributed by atoms with E-state index in [9.17, 15) is 10.1 Å². The summed E-state index contributed by atoms with van der Waals surface area (Å²) in [7, 11) is 0. The Kier molecular flexibility index (Phi) is 4.36. The molecule has 2 rings (SSSR count). The third kappa shape index (κ3) is 2.87. The molecular weight excluding hydrogens is 380 g/mol. The molecule has 0 unspecified atom stereocenters. The number of halogens is 2. The van der Waals surface area contributed by atoms with E-state index in [0.29, 0.717) is 0 Å². The van der Waals surface area contributed by atoms with Crippen LogP contribution in [0.1, 0.15) is 26.7 Å². The van der Waals surface area contributed by atoms with Gasteiger partial charge >= 0.3 is 5.69 Å². The molecule has 19 heavy (non-hydrogen) atoms. The fourth-order valence-corrected chi connectivity index (χ4v) is 2.88. The Labute approximate surface area is 126 Å². The maximum Gasteiger partial charge on any atom is 0.335 e. The highest BCUT2D eigenvalue weighted by Gasteiger charge is 2.33. The second kappa shape index (κ2) is 5.83. The molecule has 0 aliphatic heterocycles. The summed E-state index contributed by atoms with van der Waals surface area (Å²) in [6.45, 7) is 1.55. The minimum atomic E-state index is -0.472. The summed E-state index contributed by atoms with van der Waals surface area (Å²) in [6.07, 6.45) is 0. The summed E-state index contributed by atoms with van der Waals surface area (Å²) in [4.78, 5) is 10.0. The summed E-state index contributed by atoms with van der Waals surface area (Å²) in [5.41, 5.74) is 1.19. The maximum absolute atomic E-state index is 11.0. The Hall–Kier alpha value is -1.21. The van der Waals surface area contributed by atoms with Crippen molar-refractivity contribution in [2.45, 2.75) is 16.6 Å². The zero-order valence-corrected chi connectivity index (χ0v) is 13.1. The van der Waals surface area contributed by atoms with Crippen LogP contribution in [-0.4, -0.2) is 10.1 Å². The molecule has 0 spiro atoms. The minimum Gasteiger partial charge on any atom is -0.352 e. The van der Waals surface area contributed by atoms with E-state index in [1.807, 2.05) is 30.3 Å². The van der Waals surface area contributed by atoms with Gasteiger partial charge in [-0.05, 0) is 12.5 Å². The van der Waals surface area contributed by atoms with E-state index in [4.69, 9.17) is 4.52 Å². The lowest BCUT2D eigenvalue weighted by molar-refractivity contribution is -0.386. The zero-order valence-electron chi connectivity index (χ0n) is 9.92. The molecule has 7 heteroatoms. The van der Waals surface area contributed by atoms with Crippen LogP contribution in [0.5, 0.6) is 0 Å². The van der Waals surface area contributed by atoms with Gasteiger partial charge in [0.2, 0.25) is 5.76 Å². The Morgan fingerprint density at radius 1 is 1.26 bits per heavy atom. The first kappa shape index (κ1) is 14.2. The predicted octanol–water partition coefficient (Wildman–Crippen LogP) is 4.46. The maximum atomic E-state index is 11.0. The van der Waals surface area contributed by atoms with E-state index in [2.05, 4.69) is 37.0 Å². The normalized spacial score (nSPS) is 14.1. The van der Waals surface area contributed by atoms with E-state index in [-0.39, 0.29) is 26.8 Å². The number of rotatable bonds is 4. The summed E-state index contributed by atoms with van der Waals surface area (Å²) < 4.78 is 5.09. The van der Waals surface area contributed by atoms with Gasteiger partial charge in [-0.15, -0.1) is 0 Å². The van der Waals surface area contributed by atoms with Gasteiger partial charge < -0.3 is 4.52 Å². The van der Waals surface area contributed by atoms with Crippen molar-refractivity contribution in [3.63, 3.8) is 0 Å². The van der Waals surface area contributed by atoms with Crippen molar-refractivity contribution in [3.05, 3.63) is 57.5 Å². The molecular formula is C12H10Br2N2O3. The number of nitro groups is 1. The van der Waals surface area contributed by atoms with Crippen LogP contribution in [0.25, 0.3) is 0 Å². The van der Waals surface area contributed by atoms with E-state index in [0.717, 1.165) is 5.56 Å². The van der Waals surface area contributed by atoms with E-state index >= 15 is 0 Å². The van der Waals surface area contributed by atoms with Gasteiger partial charge in [0.25, 0.3) is 0 Å². The van der Waals surface area contributed by atoms with Crippen molar-refractivity contribution in [1.29, 1.82) is 0 Å². The molecule has 0 aliphatic carbocycles. The van der Waals surface area contributed by atoms with Crippen LogP contribution < -0.4 is 0 Å². The molecule has 100 valence electrons. The Morgan fingerprint density at radius 3 is 2.47 bits per heavy atom. The van der Waals surface area contributed by atoms with Gasteiger partial charge in [0, 0.05) is 0 Å². The van der Waals surface area contributed by atoms with Gasteiger partial charge in [0.15, 0.2) is 5.69 Å². The highest BCUT2D eigenvalue weighted by atomic mass is 79.9. The Morgan fingerprint density at radius 2 is 1.89 bits per heavy atom. The molecule has 0 N–H and O–H groups in total. The lowest BCUT2D eigenvalue weighted by atomic mass is 10.1. The topological polar surface area (TPSA) is 69.2 Å². The van der Waals surface area contributed by atoms with Crippen molar-refractivity contribution in [2.75, 3.05) is 0 Å². The zero-order chi connectivity index (χ0) is 14.0. The number of nitrogens with zero attached hydrogens (tertiary/aromatic N) is 2. The molecule has 0 bridgehead atoms. The van der Waals surface area contributed by atoms with Crippen LogP contribution in [-0.2, 0) is 0 Å². The molecule has 1 heterocycles. The lowest BCUT2D eigenvalue weighted by Crippen LogP contribution is -2.01. The quantitative estimate of drug-likeness (QED) is 0.439. The smallest absolute Gasteiger partial charge is 0.335 e. The number of hydrogen-bond donors (Lipinski definition) is 0. The molecule has 2 aromatic rings. The van der Waals surface area contributed by atoms with E-state index in [1.165, 1.54) is 0 Å². The van der Waals surface area contributed by atoms with Crippen LogP contribution in [0.2, 0.25) is 0 Å². The summed E-state index contributed by atoms with van der Waals surface area (Å²) in [5, 5.41) is 14.7. The van der Waals surface area contributed by atoms with E-state index < -0.39 is 4.92 Å². The first-order valence-electron chi connectivity index (χ1n) is 5.46. The third-order valence-electron chi connectivity index (χ3n) is 2.67. The average molecular weight is 390 g/mol.